The molecular formula is C20H22ClN3O2. The molecule has 5 nitrogen and oxygen atoms in total. The van der Waals surface area contributed by atoms with Crippen LogP contribution in [-0.4, -0.2) is 33.7 Å². The van der Waals surface area contributed by atoms with Gasteiger partial charge in [0.15, 0.2) is 0 Å². The molecule has 136 valence electrons. The molecule has 0 radical (unpaired) electrons. The van der Waals surface area contributed by atoms with Crippen LogP contribution < -0.4 is 5.32 Å². The van der Waals surface area contributed by atoms with Crippen molar-refractivity contribution in [2.45, 2.75) is 25.8 Å². The van der Waals surface area contributed by atoms with Crippen LogP contribution in [0.2, 0.25) is 5.02 Å². The van der Waals surface area contributed by atoms with Crippen molar-refractivity contribution in [2.75, 3.05) is 13.2 Å². The maximum Gasteiger partial charge on any atom is 0.240 e. The van der Waals surface area contributed by atoms with Crippen LogP contribution in [0, 0.1) is 0 Å². The highest BCUT2D eigenvalue weighted by Gasteiger charge is 2.13. The predicted molar refractivity (Wildman–Crippen MR) is 103 cm³/mol. The second-order valence-electron chi connectivity index (χ2n) is 6.16. The number of aryl methyl sites for hydroxylation is 1. The first-order valence-corrected chi connectivity index (χ1v) is 9.11. The van der Waals surface area contributed by atoms with Gasteiger partial charge in [-0.1, -0.05) is 35.9 Å². The maximum atomic E-state index is 12.4. The van der Waals surface area contributed by atoms with E-state index in [1.807, 2.05) is 53.1 Å². The van der Waals surface area contributed by atoms with Crippen LogP contribution in [0.5, 0.6) is 0 Å². The van der Waals surface area contributed by atoms with Crippen LogP contribution >= 0.6 is 11.6 Å². The molecule has 26 heavy (non-hydrogen) atoms. The van der Waals surface area contributed by atoms with Crippen molar-refractivity contribution >= 4 is 28.5 Å². The molecule has 0 spiro atoms. The zero-order chi connectivity index (χ0) is 18.4. The number of hydrogen-bond acceptors (Lipinski definition) is 3. The van der Waals surface area contributed by atoms with E-state index in [0.29, 0.717) is 24.4 Å². The number of benzene rings is 2. The highest BCUT2D eigenvalue weighted by molar-refractivity contribution is 6.30. The number of halogens is 1. The standard InChI is InChI=1S/C20H22ClN3O2/c21-16-9-7-15(8-10-16)11-12-22-20(26)14-24-18-5-2-1-4-17(18)23-19(24)6-3-13-25/h1-2,4-5,7-10,25H,3,6,11-14H2,(H,22,26). The van der Waals surface area contributed by atoms with Crippen LogP contribution in [0.15, 0.2) is 48.5 Å². The second-order valence-corrected chi connectivity index (χ2v) is 6.59. The van der Waals surface area contributed by atoms with Gasteiger partial charge < -0.3 is 15.0 Å². The first-order valence-electron chi connectivity index (χ1n) is 8.73. The summed E-state index contributed by atoms with van der Waals surface area (Å²) in [7, 11) is 0. The number of hydrogen-bond donors (Lipinski definition) is 2. The monoisotopic (exact) mass is 371 g/mol. The van der Waals surface area contributed by atoms with E-state index in [0.717, 1.165) is 28.8 Å². The summed E-state index contributed by atoms with van der Waals surface area (Å²) >= 11 is 5.88. The van der Waals surface area contributed by atoms with Gasteiger partial charge in [-0.15, -0.1) is 0 Å². The molecule has 0 saturated heterocycles. The third-order valence-corrected chi connectivity index (χ3v) is 4.49. The molecule has 0 bridgehead atoms. The average Bonchev–Trinajstić information content (AvgIpc) is 2.99. The third-order valence-electron chi connectivity index (χ3n) is 4.24. The van der Waals surface area contributed by atoms with E-state index in [1.54, 1.807) is 0 Å². The van der Waals surface area contributed by atoms with Gasteiger partial charge in [0.05, 0.1) is 11.0 Å². The minimum Gasteiger partial charge on any atom is -0.396 e. The summed E-state index contributed by atoms with van der Waals surface area (Å²) < 4.78 is 1.93. The van der Waals surface area contributed by atoms with Gasteiger partial charge in [-0.2, -0.15) is 0 Å². The van der Waals surface area contributed by atoms with Crippen molar-refractivity contribution in [3.8, 4) is 0 Å². The Kier molecular flexibility index (Phi) is 6.26. The molecular weight excluding hydrogens is 350 g/mol. The normalized spacial score (nSPS) is 11.0. The Hall–Kier alpha value is -2.37. The number of aromatic nitrogens is 2. The molecule has 6 heteroatoms. The number of carbonyl (C=O) groups excluding carboxylic acids is 1. The summed E-state index contributed by atoms with van der Waals surface area (Å²) in [5, 5.41) is 12.8. The first-order chi connectivity index (χ1) is 12.7. The highest BCUT2D eigenvalue weighted by Crippen LogP contribution is 2.17. The summed E-state index contributed by atoms with van der Waals surface area (Å²) in [4.78, 5) is 17.0. The maximum absolute atomic E-state index is 12.4. The summed E-state index contributed by atoms with van der Waals surface area (Å²) in [6, 6.07) is 15.4. The Morgan fingerprint density at radius 1 is 1.12 bits per heavy atom. The number of aliphatic hydroxyl groups is 1. The van der Waals surface area contributed by atoms with E-state index >= 15 is 0 Å². The third kappa shape index (κ3) is 4.62. The number of imidazole rings is 1. The smallest absolute Gasteiger partial charge is 0.240 e. The van der Waals surface area contributed by atoms with Crippen molar-refractivity contribution in [1.29, 1.82) is 0 Å². The molecule has 1 heterocycles. The molecule has 2 N–H and O–H groups in total. The van der Waals surface area contributed by atoms with E-state index in [4.69, 9.17) is 16.7 Å². The number of nitrogens with one attached hydrogen (secondary N) is 1. The van der Waals surface area contributed by atoms with Gasteiger partial charge in [-0.05, 0) is 42.7 Å². The minimum absolute atomic E-state index is 0.0487. The number of nitrogens with zero attached hydrogens (tertiary/aromatic N) is 2. The number of para-hydroxylation sites is 2. The lowest BCUT2D eigenvalue weighted by molar-refractivity contribution is -0.121. The molecule has 0 aliphatic carbocycles. The van der Waals surface area contributed by atoms with Crippen LogP contribution in [0.3, 0.4) is 0 Å². The van der Waals surface area contributed by atoms with Crippen molar-refractivity contribution in [1.82, 2.24) is 14.9 Å². The Morgan fingerprint density at radius 3 is 2.65 bits per heavy atom. The van der Waals surface area contributed by atoms with E-state index in [-0.39, 0.29) is 19.1 Å². The number of aliphatic hydroxyl groups excluding tert-OH is 1. The summed E-state index contributed by atoms with van der Waals surface area (Å²) in [5.41, 5.74) is 2.94. The number of carbonyl (C=O) groups is 1. The zero-order valence-electron chi connectivity index (χ0n) is 14.5. The van der Waals surface area contributed by atoms with Crippen molar-refractivity contribution < 1.29 is 9.90 Å². The number of fused-ring (bicyclic) bond motifs is 1. The van der Waals surface area contributed by atoms with E-state index < -0.39 is 0 Å². The van der Waals surface area contributed by atoms with E-state index in [9.17, 15) is 4.79 Å². The van der Waals surface area contributed by atoms with Gasteiger partial charge in [0.25, 0.3) is 0 Å². The van der Waals surface area contributed by atoms with E-state index in [1.165, 1.54) is 0 Å². The summed E-state index contributed by atoms with van der Waals surface area (Å²) in [5.74, 6) is 0.778. The van der Waals surface area contributed by atoms with Gasteiger partial charge in [0.2, 0.25) is 5.91 Å². The van der Waals surface area contributed by atoms with Crippen molar-refractivity contribution in [2.24, 2.45) is 0 Å². The highest BCUT2D eigenvalue weighted by atomic mass is 35.5. The van der Waals surface area contributed by atoms with Crippen LogP contribution in [0.1, 0.15) is 17.8 Å². The molecule has 0 atom stereocenters. The molecule has 0 aliphatic heterocycles. The largest absolute Gasteiger partial charge is 0.396 e. The predicted octanol–water partition coefficient (Wildman–Crippen LogP) is 2.97. The lowest BCUT2D eigenvalue weighted by Crippen LogP contribution is -2.30. The molecule has 3 aromatic rings. The Labute approximate surface area is 157 Å². The summed E-state index contributed by atoms with van der Waals surface area (Å²) in [6.45, 7) is 0.900. The van der Waals surface area contributed by atoms with Gasteiger partial charge in [-0.25, -0.2) is 4.98 Å². The molecule has 0 unspecified atom stereocenters. The first kappa shape index (κ1) is 18.4. The van der Waals surface area contributed by atoms with Crippen molar-refractivity contribution in [3.05, 3.63) is 64.9 Å². The SMILES string of the molecule is O=C(Cn1c(CCCO)nc2ccccc21)NCCc1ccc(Cl)cc1. The number of rotatable bonds is 8. The Morgan fingerprint density at radius 2 is 1.88 bits per heavy atom. The van der Waals surface area contributed by atoms with Gasteiger partial charge in [0, 0.05) is 24.6 Å². The molecule has 3 rings (SSSR count). The van der Waals surface area contributed by atoms with Crippen molar-refractivity contribution in [3.63, 3.8) is 0 Å². The summed E-state index contributed by atoms with van der Waals surface area (Å²) in [6.07, 6.45) is 2.02. The number of amides is 1. The quantitative estimate of drug-likeness (QED) is 0.639. The average molecular weight is 372 g/mol. The zero-order valence-corrected chi connectivity index (χ0v) is 15.2. The van der Waals surface area contributed by atoms with E-state index in [2.05, 4.69) is 10.3 Å². The van der Waals surface area contributed by atoms with Gasteiger partial charge in [-0.3, -0.25) is 4.79 Å². The topological polar surface area (TPSA) is 67.2 Å². The fraction of sp³-hybridized carbons (Fsp3) is 0.300. The lowest BCUT2D eigenvalue weighted by atomic mass is 10.1. The molecule has 0 saturated carbocycles. The Bertz CT molecular complexity index is 874. The second kappa shape index (κ2) is 8.83. The molecule has 1 aromatic heterocycles. The molecule has 0 aliphatic rings. The van der Waals surface area contributed by atoms with Gasteiger partial charge in [0.1, 0.15) is 12.4 Å². The van der Waals surface area contributed by atoms with Crippen LogP contribution in [0.25, 0.3) is 11.0 Å². The minimum atomic E-state index is -0.0487. The van der Waals surface area contributed by atoms with Gasteiger partial charge >= 0.3 is 0 Å². The fourth-order valence-corrected chi connectivity index (χ4v) is 3.05. The molecule has 0 fully saturated rings. The van der Waals surface area contributed by atoms with Crippen LogP contribution in [-0.2, 0) is 24.2 Å². The van der Waals surface area contributed by atoms with Crippen LogP contribution in [0.4, 0.5) is 0 Å². The molecule has 2 aromatic carbocycles. The molecule has 1 amide bonds. The Balaban J connectivity index is 1.63. The fourth-order valence-electron chi connectivity index (χ4n) is 2.93. The lowest BCUT2D eigenvalue weighted by Gasteiger charge is -2.10.